The Labute approximate surface area is 96.9 Å². The summed E-state index contributed by atoms with van der Waals surface area (Å²) in [6.07, 6.45) is 2.66. The molecule has 0 heterocycles. The second kappa shape index (κ2) is 3.83. The van der Waals surface area contributed by atoms with Crippen LogP contribution in [0.3, 0.4) is 0 Å². The number of rotatable bonds is 2. The van der Waals surface area contributed by atoms with Gasteiger partial charge in [-0.1, -0.05) is 20.8 Å². The van der Waals surface area contributed by atoms with Crippen LogP contribution in [0.2, 0.25) is 0 Å². The van der Waals surface area contributed by atoms with E-state index in [1.54, 1.807) is 0 Å². The van der Waals surface area contributed by atoms with E-state index >= 15 is 0 Å². The van der Waals surface area contributed by atoms with Crippen LogP contribution in [0, 0.1) is 11.3 Å². The van der Waals surface area contributed by atoms with E-state index in [4.69, 9.17) is 10.00 Å². The van der Waals surface area contributed by atoms with E-state index < -0.39 is 0 Å². The van der Waals surface area contributed by atoms with Gasteiger partial charge in [-0.25, -0.2) is 0 Å². The summed E-state index contributed by atoms with van der Waals surface area (Å²) in [4.78, 5) is 0. The molecule has 1 aromatic carbocycles. The average Bonchev–Trinajstić information content (AvgIpc) is 3.00. The lowest BCUT2D eigenvalue weighted by molar-refractivity contribution is 0.302. The van der Waals surface area contributed by atoms with Gasteiger partial charge in [0.25, 0.3) is 0 Å². The normalized spacial score (nSPS) is 15.6. The van der Waals surface area contributed by atoms with Gasteiger partial charge in [0, 0.05) is 0 Å². The van der Waals surface area contributed by atoms with Gasteiger partial charge in [0.1, 0.15) is 5.75 Å². The van der Waals surface area contributed by atoms with Crippen molar-refractivity contribution >= 4 is 0 Å². The van der Waals surface area contributed by atoms with Gasteiger partial charge < -0.3 is 4.74 Å². The van der Waals surface area contributed by atoms with E-state index in [0.29, 0.717) is 11.7 Å². The Morgan fingerprint density at radius 3 is 2.44 bits per heavy atom. The maximum atomic E-state index is 9.00. The van der Waals surface area contributed by atoms with Gasteiger partial charge in [0.2, 0.25) is 0 Å². The molecular weight excluding hydrogens is 198 g/mol. The Morgan fingerprint density at radius 2 is 1.94 bits per heavy atom. The molecule has 0 unspecified atom stereocenters. The monoisotopic (exact) mass is 215 g/mol. The number of benzene rings is 1. The van der Waals surface area contributed by atoms with Gasteiger partial charge in [-0.2, -0.15) is 5.26 Å². The summed E-state index contributed by atoms with van der Waals surface area (Å²) in [5, 5.41) is 9.00. The fraction of sp³-hybridized carbons (Fsp3) is 0.500. The number of nitrogens with zero attached hydrogens (tertiary/aromatic N) is 1. The Bertz CT molecular complexity index is 433. The van der Waals surface area contributed by atoms with E-state index in [2.05, 4.69) is 32.9 Å². The Balaban J connectivity index is 2.34. The highest BCUT2D eigenvalue weighted by Crippen LogP contribution is 2.31. The Hall–Kier alpha value is -1.49. The zero-order valence-corrected chi connectivity index (χ0v) is 10.1. The molecule has 0 saturated heterocycles. The summed E-state index contributed by atoms with van der Waals surface area (Å²) in [5.41, 5.74) is 1.89. The standard InChI is InChI=1S/C14H17NO/c1-14(2,3)11-6-10(9-15)7-13(8-11)16-12-4-5-12/h6-8,12H,4-5H2,1-3H3. The van der Waals surface area contributed by atoms with Crippen molar-refractivity contribution in [1.82, 2.24) is 0 Å². The van der Waals surface area contributed by atoms with E-state index in [1.807, 2.05) is 12.1 Å². The molecule has 1 saturated carbocycles. The lowest BCUT2D eigenvalue weighted by Crippen LogP contribution is -2.11. The minimum absolute atomic E-state index is 0.0501. The molecule has 1 aliphatic rings. The smallest absolute Gasteiger partial charge is 0.121 e. The average molecular weight is 215 g/mol. The van der Waals surface area contributed by atoms with E-state index in [9.17, 15) is 0 Å². The molecule has 0 atom stereocenters. The summed E-state index contributed by atoms with van der Waals surface area (Å²) in [6.45, 7) is 6.43. The molecule has 2 heteroatoms. The minimum atomic E-state index is 0.0501. The van der Waals surface area contributed by atoms with Crippen LogP contribution >= 0.6 is 0 Å². The summed E-state index contributed by atoms with van der Waals surface area (Å²) >= 11 is 0. The molecule has 2 nitrogen and oxygen atoms in total. The van der Waals surface area contributed by atoms with E-state index in [1.165, 1.54) is 0 Å². The predicted octanol–water partition coefficient (Wildman–Crippen LogP) is 3.40. The van der Waals surface area contributed by atoms with Crippen LogP contribution in [0.1, 0.15) is 44.7 Å². The van der Waals surface area contributed by atoms with Gasteiger partial charge in [0.15, 0.2) is 0 Å². The number of ether oxygens (including phenoxy) is 1. The van der Waals surface area contributed by atoms with Crippen molar-refractivity contribution in [3.8, 4) is 11.8 Å². The highest BCUT2D eigenvalue weighted by atomic mass is 16.5. The van der Waals surface area contributed by atoms with E-state index in [0.717, 1.165) is 24.2 Å². The molecule has 1 aliphatic carbocycles. The molecule has 0 aliphatic heterocycles. The molecule has 0 radical (unpaired) electrons. The topological polar surface area (TPSA) is 33.0 Å². The first-order valence-electron chi connectivity index (χ1n) is 5.71. The SMILES string of the molecule is CC(C)(C)c1cc(C#N)cc(OC2CC2)c1. The highest BCUT2D eigenvalue weighted by molar-refractivity contribution is 5.43. The first-order chi connectivity index (χ1) is 7.49. The zero-order valence-electron chi connectivity index (χ0n) is 10.1. The third-order valence-corrected chi connectivity index (χ3v) is 2.73. The largest absolute Gasteiger partial charge is 0.490 e. The lowest BCUT2D eigenvalue weighted by atomic mass is 9.86. The molecule has 1 fully saturated rings. The van der Waals surface area contributed by atoms with Gasteiger partial charge in [-0.3, -0.25) is 0 Å². The van der Waals surface area contributed by atoms with Crippen LogP contribution in [0.15, 0.2) is 18.2 Å². The molecule has 84 valence electrons. The molecule has 1 aromatic rings. The molecule has 2 rings (SSSR count). The van der Waals surface area contributed by atoms with Crippen LogP contribution in [0.4, 0.5) is 0 Å². The summed E-state index contributed by atoms with van der Waals surface area (Å²) in [5.74, 6) is 0.839. The molecular formula is C14H17NO. The predicted molar refractivity (Wildman–Crippen MR) is 63.5 cm³/mol. The first-order valence-corrected chi connectivity index (χ1v) is 5.71. The fourth-order valence-corrected chi connectivity index (χ4v) is 1.54. The van der Waals surface area contributed by atoms with Crippen LogP contribution in [-0.4, -0.2) is 6.10 Å². The third-order valence-electron chi connectivity index (χ3n) is 2.73. The second-order valence-corrected chi connectivity index (χ2v) is 5.43. The van der Waals surface area contributed by atoms with Crippen LogP contribution in [0.5, 0.6) is 5.75 Å². The second-order valence-electron chi connectivity index (χ2n) is 5.43. The van der Waals surface area contributed by atoms with Crippen LogP contribution < -0.4 is 4.74 Å². The maximum absolute atomic E-state index is 9.00. The molecule has 16 heavy (non-hydrogen) atoms. The third kappa shape index (κ3) is 2.55. The number of hydrogen-bond acceptors (Lipinski definition) is 2. The van der Waals surface area contributed by atoms with Crippen molar-refractivity contribution in [2.75, 3.05) is 0 Å². The number of hydrogen-bond donors (Lipinski definition) is 0. The number of nitriles is 1. The highest BCUT2D eigenvalue weighted by Gasteiger charge is 2.24. The maximum Gasteiger partial charge on any atom is 0.121 e. The van der Waals surface area contributed by atoms with Gasteiger partial charge >= 0.3 is 0 Å². The molecule has 0 amide bonds. The summed E-state index contributed by atoms with van der Waals surface area (Å²) in [7, 11) is 0. The van der Waals surface area contributed by atoms with Gasteiger partial charge in [-0.15, -0.1) is 0 Å². The van der Waals surface area contributed by atoms with Crippen molar-refractivity contribution in [2.24, 2.45) is 0 Å². The van der Waals surface area contributed by atoms with Crippen molar-refractivity contribution in [1.29, 1.82) is 5.26 Å². The summed E-state index contributed by atoms with van der Waals surface area (Å²) < 4.78 is 5.75. The van der Waals surface area contributed by atoms with Crippen molar-refractivity contribution in [3.05, 3.63) is 29.3 Å². The molecule has 0 spiro atoms. The first kappa shape index (κ1) is 11.0. The van der Waals surface area contributed by atoms with E-state index in [-0.39, 0.29) is 5.41 Å². The van der Waals surface area contributed by atoms with Crippen LogP contribution in [-0.2, 0) is 5.41 Å². The summed E-state index contributed by atoms with van der Waals surface area (Å²) in [6, 6.07) is 8.02. The Morgan fingerprint density at radius 1 is 1.25 bits per heavy atom. The zero-order chi connectivity index (χ0) is 11.8. The van der Waals surface area contributed by atoms with Crippen LogP contribution in [0.25, 0.3) is 0 Å². The minimum Gasteiger partial charge on any atom is -0.490 e. The molecule has 0 bridgehead atoms. The van der Waals surface area contributed by atoms with Gasteiger partial charge in [-0.05, 0) is 42.0 Å². The van der Waals surface area contributed by atoms with Gasteiger partial charge in [0.05, 0.1) is 17.7 Å². The fourth-order valence-electron chi connectivity index (χ4n) is 1.54. The van der Waals surface area contributed by atoms with Crippen molar-refractivity contribution in [2.45, 2.75) is 45.1 Å². The lowest BCUT2D eigenvalue weighted by Gasteiger charge is -2.20. The molecule has 0 aromatic heterocycles. The quantitative estimate of drug-likeness (QED) is 0.757. The Kier molecular flexibility index (Phi) is 2.63. The molecule has 0 N–H and O–H groups in total. The van der Waals surface area contributed by atoms with Crippen molar-refractivity contribution < 1.29 is 4.74 Å². The van der Waals surface area contributed by atoms with Crippen molar-refractivity contribution in [3.63, 3.8) is 0 Å².